The van der Waals surface area contributed by atoms with E-state index in [4.69, 9.17) is 4.42 Å². The highest BCUT2D eigenvalue weighted by molar-refractivity contribution is 6.15. The maximum absolute atomic E-state index is 6.83. The van der Waals surface area contributed by atoms with E-state index in [1.165, 1.54) is 55.2 Å². The summed E-state index contributed by atoms with van der Waals surface area (Å²) in [5.41, 5.74) is 12.0. The molecule has 7 aromatic rings. The maximum atomic E-state index is 6.83. The van der Waals surface area contributed by atoms with Crippen molar-refractivity contribution in [2.45, 2.75) is 31.2 Å². The molecule has 1 aromatic heterocycles. The van der Waals surface area contributed by atoms with Crippen LogP contribution in [-0.2, 0) is 6.42 Å². The quantitative estimate of drug-likeness (QED) is 0.175. The number of anilines is 1. The predicted octanol–water partition coefficient (Wildman–Crippen LogP) is 13.0. The molecule has 0 aliphatic heterocycles. The Morgan fingerprint density at radius 3 is 2.27 bits per heavy atom. The molecule has 0 spiro atoms. The fraction of sp³-hybridized carbons (Fsp3) is 0.120. The Kier molecular flexibility index (Phi) is 7.61. The molecule has 2 nitrogen and oxygen atoms in total. The third-order valence-corrected chi connectivity index (χ3v) is 11.3. The topological polar surface area (TPSA) is 16.4 Å². The van der Waals surface area contributed by atoms with E-state index in [0.717, 1.165) is 41.5 Å². The second kappa shape index (κ2) is 12.9. The molecule has 3 aliphatic carbocycles. The lowest BCUT2D eigenvalue weighted by atomic mass is 9.83. The molecule has 3 aliphatic rings. The normalized spacial score (nSPS) is 19.5. The van der Waals surface area contributed by atoms with E-state index < -0.39 is 0 Å². The zero-order valence-electron chi connectivity index (χ0n) is 29.0. The van der Waals surface area contributed by atoms with Crippen LogP contribution in [0, 0.1) is 5.92 Å². The van der Waals surface area contributed by atoms with Crippen LogP contribution < -0.4 is 4.90 Å². The third-order valence-electron chi connectivity index (χ3n) is 11.3. The van der Waals surface area contributed by atoms with Crippen molar-refractivity contribution in [1.29, 1.82) is 0 Å². The molecular formula is C50H39NO. The van der Waals surface area contributed by atoms with Gasteiger partial charge in [-0.05, 0) is 81.6 Å². The SMILES string of the molecule is C1=CC(c2ccc3ccccc3c2)CC=C1C1C=CC(N(c2cccc3c2oc2cccc(-c4ccccc4)c23)C2C=Cc3ccccc3C2)=CC1. The summed E-state index contributed by atoms with van der Waals surface area (Å²) < 4.78 is 6.83. The van der Waals surface area contributed by atoms with Crippen molar-refractivity contribution in [3.05, 3.63) is 204 Å². The molecule has 3 unspecified atom stereocenters. The van der Waals surface area contributed by atoms with Gasteiger partial charge in [0, 0.05) is 28.3 Å². The van der Waals surface area contributed by atoms with Crippen molar-refractivity contribution in [3.63, 3.8) is 0 Å². The average molecular weight is 670 g/mol. The number of rotatable bonds is 6. The Hall–Kier alpha value is -6.12. The smallest absolute Gasteiger partial charge is 0.159 e. The Morgan fingerprint density at radius 1 is 0.596 bits per heavy atom. The molecule has 0 bridgehead atoms. The summed E-state index contributed by atoms with van der Waals surface area (Å²) >= 11 is 0. The van der Waals surface area contributed by atoms with Gasteiger partial charge in [-0.15, -0.1) is 0 Å². The van der Waals surface area contributed by atoms with E-state index in [0.29, 0.717) is 11.8 Å². The maximum Gasteiger partial charge on any atom is 0.159 e. The zero-order valence-corrected chi connectivity index (χ0v) is 29.0. The van der Waals surface area contributed by atoms with Crippen LogP contribution in [0.4, 0.5) is 5.69 Å². The zero-order chi connectivity index (χ0) is 34.4. The molecule has 10 rings (SSSR count). The number of nitrogens with zero attached hydrogens (tertiary/aromatic N) is 1. The highest BCUT2D eigenvalue weighted by Crippen LogP contribution is 2.43. The van der Waals surface area contributed by atoms with Crippen molar-refractivity contribution in [1.82, 2.24) is 0 Å². The molecule has 0 amide bonds. The van der Waals surface area contributed by atoms with Crippen LogP contribution in [-0.4, -0.2) is 6.04 Å². The summed E-state index contributed by atoms with van der Waals surface area (Å²) in [4.78, 5) is 2.52. The number of hydrogen-bond donors (Lipinski definition) is 0. The number of furan rings is 1. The molecule has 0 N–H and O–H groups in total. The summed E-state index contributed by atoms with van der Waals surface area (Å²) in [7, 11) is 0. The van der Waals surface area contributed by atoms with E-state index in [1.807, 2.05) is 0 Å². The fourth-order valence-electron chi connectivity index (χ4n) is 8.59. The van der Waals surface area contributed by atoms with Crippen molar-refractivity contribution in [2.24, 2.45) is 5.92 Å². The Morgan fingerprint density at radius 2 is 1.40 bits per heavy atom. The first kappa shape index (κ1) is 30.7. The highest BCUT2D eigenvalue weighted by atomic mass is 16.3. The molecule has 0 fully saturated rings. The summed E-state index contributed by atoms with van der Waals surface area (Å²) in [5.74, 6) is 0.771. The van der Waals surface area contributed by atoms with Gasteiger partial charge in [-0.25, -0.2) is 0 Å². The van der Waals surface area contributed by atoms with Crippen LogP contribution >= 0.6 is 0 Å². The second-order valence-electron chi connectivity index (χ2n) is 14.3. The molecule has 0 saturated carbocycles. The van der Waals surface area contributed by atoms with Crippen LogP contribution in [0.1, 0.15) is 35.4 Å². The Balaban J connectivity index is 0.989. The second-order valence-corrected chi connectivity index (χ2v) is 14.3. The monoisotopic (exact) mass is 669 g/mol. The van der Waals surface area contributed by atoms with Gasteiger partial charge in [-0.1, -0.05) is 164 Å². The van der Waals surface area contributed by atoms with Gasteiger partial charge >= 0.3 is 0 Å². The van der Waals surface area contributed by atoms with E-state index in [1.54, 1.807) is 0 Å². The van der Waals surface area contributed by atoms with Crippen LogP contribution in [0.2, 0.25) is 0 Å². The predicted molar refractivity (Wildman–Crippen MR) is 218 cm³/mol. The van der Waals surface area contributed by atoms with Gasteiger partial charge in [0.05, 0.1) is 11.7 Å². The van der Waals surface area contributed by atoms with Crippen LogP contribution in [0.15, 0.2) is 192 Å². The summed E-state index contributed by atoms with van der Waals surface area (Å²) in [6.07, 6.45) is 22.0. The summed E-state index contributed by atoms with van der Waals surface area (Å²) in [6.45, 7) is 0. The molecule has 3 atom stereocenters. The minimum Gasteiger partial charge on any atom is -0.454 e. The Bertz CT molecular complexity index is 2630. The van der Waals surface area contributed by atoms with Crippen molar-refractivity contribution in [2.75, 3.05) is 4.90 Å². The number of para-hydroxylation sites is 1. The lowest BCUT2D eigenvalue weighted by Crippen LogP contribution is -2.36. The molecular weight excluding hydrogens is 631 g/mol. The minimum atomic E-state index is 0.145. The molecule has 6 aromatic carbocycles. The third kappa shape index (κ3) is 5.43. The van der Waals surface area contributed by atoms with Gasteiger partial charge in [0.2, 0.25) is 0 Å². The van der Waals surface area contributed by atoms with Crippen molar-refractivity contribution < 1.29 is 4.42 Å². The summed E-state index contributed by atoms with van der Waals surface area (Å²) in [5, 5.41) is 4.93. The van der Waals surface area contributed by atoms with E-state index in [-0.39, 0.29) is 6.04 Å². The molecule has 1 heterocycles. The van der Waals surface area contributed by atoms with Gasteiger partial charge in [-0.3, -0.25) is 0 Å². The number of allylic oxidation sites excluding steroid dienone is 7. The van der Waals surface area contributed by atoms with Crippen molar-refractivity contribution >= 4 is 44.5 Å². The molecule has 2 heteroatoms. The van der Waals surface area contributed by atoms with Crippen molar-refractivity contribution in [3.8, 4) is 11.1 Å². The molecule has 0 radical (unpaired) electrons. The largest absolute Gasteiger partial charge is 0.454 e. The number of benzene rings is 6. The number of fused-ring (bicyclic) bond motifs is 5. The standard InChI is InChI=1S/C50H39NO/c1-2-12-39(13-3-1)45-16-9-19-48-49(45)46-17-8-18-47(50(46)52-48)51(44-31-28-35-11-5-7-15-41(35)33-44)43-29-26-37(27-30-43)36-20-22-38(23-21-36)42-25-24-34-10-4-6-14-40(34)32-42/h1-22,24-26,28-32,37-38,44H,23,27,33H2. The van der Waals surface area contributed by atoms with Gasteiger partial charge < -0.3 is 9.32 Å². The van der Waals surface area contributed by atoms with Gasteiger partial charge in [0.15, 0.2) is 5.58 Å². The van der Waals surface area contributed by atoms with Crippen LogP contribution in [0.5, 0.6) is 0 Å². The average Bonchev–Trinajstić information content (AvgIpc) is 3.61. The fourth-order valence-corrected chi connectivity index (χ4v) is 8.59. The lowest BCUT2D eigenvalue weighted by Gasteiger charge is -2.36. The highest BCUT2D eigenvalue weighted by Gasteiger charge is 2.28. The first-order valence-corrected chi connectivity index (χ1v) is 18.6. The molecule has 250 valence electrons. The first-order valence-electron chi connectivity index (χ1n) is 18.6. The first-order chi connectivity index (χ1) is 25.8. The summed E-state index contributed by atoms with van der Waals surface area (Å²) in [6, 6.07) is 48.2. The van der Waals surface area contributed by atoms with E-state index in [2.05, 4.69) is 187 Å². The Labute approximate surface area is 305 Å². The van der Waals surface area contributed by atoms with E-state index in [9.17, 15) is 0 Å². The van der Waals surface area contributed by atoms with E-state index >= 15 is 0 Å². The van der Waals surface area contributed by atoms with Crippen LogP contribution in [0.25, 0.3) is 49.9 Å². The van der Waals surface area contributed by atoms with Gasteiger partial charge in [-0.2, -0.15) is 0 Å². The molecule has 52 heavy (non-hydrogen) atoms. The van der Waals surface area contributed by atoms with Gasteiger partial charge in [0.25, 0.3) is 0 Å². The number of hydrogen-bond acceptors (Lipinski definition) is 2. The minimum absolute atomic E-state index is 0.145. The van der Waals surface area contributed by atoms with Gasteiger partial charge in [0.1, 0.15) is 5.58 Å². The molecule has 0 saturated heterocycles. The van der Waals surface area contributed by atoms with Crippen LogP contribution in [0.3, 0.4) is 0 Å². The lowest BCUT2D eigenvalue weighted by molar-refractivity contribution is 0.660.